The van der Waals surface area contributed by atoms with Crippen molar-refractivity contribution in [3.05, 3.63) is 40.5 Å². The molecule has 0 aliphatic heterocycles. The van der Waals surface area contributed by atoms with E-state index in [0.717, 1.165) is 22.0 Å². The van der Waals surface area contributed by atoms with Crippen LogP contribution in [0.3, 0.4) is 0 Å². The van der Waals surface area contributed by atoms with Crippen LogP contribution in [0.2, 0.25) is 0 Å². The fraction of sp³-hybridized carbons (Fsp3) is 0.333. The maximum Gasteiger partial charge on any atom is 0.234 e. The van der Waals surface area contributed by atoms with Gasteiger partial charge in [0.05, 0.1) is 0 Å². The van der Waals surface area contributed by atoms with E-state index in [4.69, 9.17) is 5.73 Å². The Balaban J connectivity index is 2.12. The summed E-state index contributed by atoms with van der Waals surface area (Å²) < 4.78 is 1.73. The number of benzene rings is 1. The van der Waals surface area contributed by atoms with E-state index in [9.17, 15) is 0 Å². The SMILES string of the molecule is Cc1ccc(-c2c(CN)nnn2-c2nnc(C(C)C)s2)cc1. The van der Waals surface area contributed by atoms with Gasteiger partial charge in [-0.2, -0.15) is 4.68 Å². The van der Waals surface area contributed by atoms with Gasteiger partial charge in [0, 0.05) is 18.0 Å². The van der Waals surface area contributed by atoms with Gasteiger partial charge < -0.3 is 5.73 Å². The molecule has 1 aromatic carbocycles. The third kappa shape index (κ3) is 2.65. The van der Waals surface area contributed by atoms with Crippen molar-refractivity contribution in [2.75, 3.05) is 0 Å². The number of nitrogens with zero attached hydrogens (tertiary/aromatic N) is 5. The molecule has 6 nitrogen and oxygen atoms in total. The van der Waals surface area contributed by atoms with E-state index in [1.807, 2.05) is 12.1 Å². The largest absolute Gasteiger partial charge is 0.325 e. The highest BCUT2D eigenvalue weighted by molar-refractivity contribution is 7.13. The van der Waals surface area contributed by atoms with Crippen molar-refractivity contribution >= 4 is 11.3 Å². The molecule has 2 N–H and O–H groups in total. The Bertz CT molecular complexity index is 772. The van der Waals surface area contributed by atoms with Crippen LogP contribution >= 0.6 is 11.3 Å². The van der Waals surface area contributed by atoms with Gasteiger partial charge in [0.1, 0.15) is 16.4 Å². The molecule has 3 rings (SSSR count). The lowest BCUT2D eigenvalue weighted by Gasteiger charge is -2.05. The van der Waals surface area contributed by atoms with Gasteiger partial charge in [-0.3, -0.25) is 0 Å². The Morgan fingerprint density at radius 1 is 1.14 bits per heavy atom. The molecule has 0 spiro atoms. The highest BCUT2D eigenvalue weighted by Gasteiger charge is 2.18. The fourth-order valence-electron chi connectivity index (χ4n) is 2.13. The van der Waals surface area contributed by atoms with Crippen LogP contribution in [-0.4, -0.2) is 25.2 Å². The molecule has 0 fully saturated rings. The minimum absolute atomic E-state index is 0.332. The fourth-order valence-corrected chi connectivity index (χ4v) is 2.93. The van der Waals surface area contributed by atoms with Crippen molar-refractivity contribution in [1.82, 2.24) is 25.2 Å². The second-order valence-electron chi connectivity index (χ2n) is 5.44. The predicted octanol–water partition coefficient (Wildman–Crippen LogP) is 2.68. The van der Waals surface area contributed by atoms with Crippen molar-refractivity contribution in [1.29, 1.82) is 0 Å². The van der Waals surface area contributed by atoms with Crippen LogP contribution in [0.15, 0.2) is 24.3 Å². The molecule has 22 heavy (non-hydrogen) atoms. The zero-order valence-electron chi connectivity index (χ0n) is 12.8. The number of hydrogen-bond acceptors (Lipinski definition) is 6. The zero-order chi connectivity index (χ0) is 15.7. The standard InChI is InChI=1S/C15H18N6S/c1-9(2)14-18-19-15(22-14)21-13(12(8-16)17-20-21)11-6-4-10(3)5-7-11/h4-7,9H,8,16H2,1-3H3. The quantitative estimate of drug-likeness (QED) is 0.800. The normalized spacial score (nSPS) is 11.3. The topological polar surface area (TPSA) is 82.5 Å². The molecule has 7 heteroatoms. The number of nitrogens with two attached hydrogens (primary N) is 1. The predicted molar refractivity (Wildman–Crippen MR) is 87.0 cm³/mol. The van der Waals surface area contributed by atoms with Gasteiger partial charge in [0.2, 0.25) is 5.13 Å². The molecule has 0 aliphatic rings. The molecule has 0 saturated heterocycles. The Labute approximate surface area is 133 Å². The van der Waals surface area contributed by atoms with Gasteiger partial charge >= 0.3 is 0 Å². The molecule has 3 aromatic rings. The summed E-state index contributed by atoms with van der Waals surface area (Å²) in [6.07, 6.45) is 0. The van der Waals surface area contributed by atoms with Crippen molar-refractivity contribution in [3.8, 4) is 16.4 Å². The second-order valence-corrected chi connectivity index (χ2v) is 6.43. The number of aryl methyl sites for hydroxylation is 1. The second kappa shape index (κ2) is 5.94. The van der Waals surface area contributed by atoms with E-state index in [1.54, 1.807) is 4.68 Å². The lowest BCUT2D eigenvalue weighted by Crippen LogP contribution is -2.02. The Kier molecular flexibility index (Phi) is 4.00. The molecule has 0 atom stereocenters. The summed E-state index contributed by atoms with van der Waals surface area (Å²) in [6.45, 7) is 6.58. The molecule has 0 unspecified atom stereocenters. The zero-order valence-corrected chi connectivity index (χ0v) is 13.6. The lowest BCUT2D eigenvalue weighted by molar-refractivity contribution is 0.772. The molecule has 0 saturated carbocycles. The Morgan fingerprint density at radius 3 is 2.45 bits per heavy atom. The third-order valence-electron chi connectivity index (χ3n) is 3.36. The van der Waals surface area contributed by atoms with Gasteiger partial charge in [-0.05, 0) is 6.92 Å². The van der Waals surface area contributed by atoms with E-state index in [-0.39, 0.29) is 0 Å². The first-order chi connectivity index (χ1) is 10.6. The van der Waals surface area contributed by atoms with E-state index in [0.29, 0.717) is 17.6 Å². The van der Waals surface area contributed by atoms with E-state index in [2.05, 4.69) is 53.4 Å². The van der Waals surface area contributed by atoms with Crippen LogP contribution in [0.25, 0.3) is 16.4 Å². The van der Waals surface area contributed by atoms with Gasteiger partial charge in [0.15, 0.2) is 0 Å². The number of hydrogen-bond donors (Lipinski definition) is 1. The summed E-state index contributed by atoms with van der Waals surface area (Å²) >= 11 is 1.53. The summed E-state index contributed by atoms with van der Waals surface area (Å²) in [4.78, 5) is 0. The van der Waals surface area contributed by atoms with E-state index < -0.39 is 0 Å². The smallest absolute Gasteiger partial charge is 0.234 e. The van der Waals surface area contributed by atoms with Crippen LogP contribution in [0.4, 0.5) is 0 Å². The Morgan fingerprint density at radius 2 is 1.86 bits per heavy atom. The summed E-state index contributed by atoms with van der Waals surface area (Å²) in [5, 5.41) is 18.6. The molecule has 0 radical (unpaired) electrons. The van der Waals surface area contributed by atoms with Crippen LogP contribution in [-0.2, 0) is 6.54 Å². The first kappa shape index (κ1) is 14.8. The van der Waals surface area contributed by atoms with E-state index >= 15 is 0 Å². The van der Waals surface area contributed by atoms with Crippen molar-refractivity contribution in [3.63, 3.8) is 0 Å². The van der Waals surface area contributed by atoms with Crippen molar-refractivity contribution in [2.24, 2.45) is 5.73 Å². The van der Waals surface area contributed by atoms with Crippen LogP contribution in [0.5, 0.6) is 0 Å². The first-order valence-electron chi connectivity index (χ1n) is 7.15. The minimum Gasteiger partial charge on any atom is -0.325 e. The number of aromatic nitrogens is 5. The lowest BCUT2D eigenvalue weighted by atomic mass is 10.1. The molecule has 114 valence electrons. The minimum atomic E-state index is 0.332. The molecule has 0 aliphatic carbocycles. The van der Waals surface area contributed by atoms with Gasteiger partial charge in [0.25, 0.3) is 0 Å². The maximum absolute atomic E-state index is 5.81. The summed E-state index contributed by atoms with van der Waals surface area (Å²) in [5.41, 5.74) is 9.68. The van der Waals surface area contributed by atoms with Crippen LogP contribution < -0.4 is 5.73 Å². The molecular formula is C15H18N6S. The molecule has 2 aromatic heterocycles. The van der Waals surface area contributed by atoms with Crippen LogP contribution in [0, 0.1) is 6.92 Å². The first-order valence-corrected chi connectivity index (χ1v) is 7.97. The highest BCUT2D eigenvalue weighted by Crippen LogP contribution is 2.28. The van der Waals surface area contributed by atoms with Gasteiger partial charge in [-0.15, -0.1) is 15.3 Å². The molecule has 2 heterocycles. The summed E-state index contributed by atoms with van der Waals surface area (Å²) in [7, 11) is 0. The van der Waals surface area contributed by atoms with Gasteiger partial charge in [-0.1, -0.05) is 60.2 Å². The monoisotopic (exact) mass is 314 g/mol. The van der Waals surface area contributed by atoms with Crippen molar-refractivity contribution < 1.29 is 0 Å². The van der Waals surface area contributed by atoms with E-state index in [1.165, 1.54) is 16.9 Å². The molecule has 0 amide bonds. The average Bonchev–Trinajstić information content (AvgIpc) is 3.14. The molecule has 0 bridgehead atoms. The van der Waals surface area contributed by atoms with Crippen molar-refractivity contribution in [2.45, 2.75) is 33.2 Å². The summed E-state index contributed by atoms with van der Waals surface area (Å²) in [5.74, 6) is 0.339. The van der Waals surface area contributed by atoms with Crippen LogP contribution in [0.1, 0.15) is 36.0 Å². The average molecular weight is 314 g/mol. The highest BCUT2D eigenvalue weighted by atomic mass is 32.1. The summed E-state index contributed by atoms with van der Waals surface area (Å²) in [6, 6.07) is 8.22. The molecular weight excluding hydrogens is 296 g/mol. The Hall–Kier alpha value is -2.12. The van der Waals surface area contributed by atoms with Gasteiger partial charge in [-0.25, -0.2) is 0 Å². The third-order valence-corrected chi connectivity index (χ3v) is 4.56. The maximum atomic E-state index is 5.81. The number of rotatable bonds is 4.